The minimum absolute atomic E-state index is 0.0130. The molecule has 1 saturated carbocycles. The maximum absolute atomic E-state index is 13.7. The van der Waals surface area contributed by atoms with Crippen LogP contribution >= 0.6 is 22.9 Å². The van der Waals surface area contributed by atoms with Gasteiger partial charge in [-0.15, -0.1) is 11.3 Å². The van der Waals surface area contributed by atoms with E-state index in [4.69, 9.17) is 11.6 Å². The first kappa shape index (κ1) is 22.3. The lowest BCUT2D eigenvalue weighted by Crippen LogP contribution is -2.53. The van der Waals surface area contributed by atoms with Crippen LogP contribution < -0.4 is 10.6 Å². The molecule has 3 N–H and O–H groups in total. The van der Waals surface area contributed by atoms with Crippen molar-refractivity contribution in [3.05, 3.63) is 50.3 Å². The average Bonchev–Trinajstić information content (AvgIpc) is 3.39. The van der Waals surface area contributed by atoms with Crippen LogP contribution in [0.2, 0.25) is 5.02 Å². The van der Waals surface area contributed by atoms with E-state index in [2.05, 4.69) is 32.5 Å². The molecule has 10 heteroatoms. The van der Waals surface area contributed by atoms with Gasteiger partial charge in [-0.25, -0.2) is 9.37 Å². The van der Waals surface area contributed by atoms with Gasteiger partial charge < -0.3 is 20.5 Å². The molecular weight excluding hydrogens is 465 g/mol. The Morgan fingerprint density at radius 1 is 1.18 bits per heavy atom. The number of amides is 2. The molecule has 1 aliphatic carbocycles. The number of hydrogen-bond donors (Lipinski definition) is 3. The first-order valence-corrected chi connectivity index (χ1v) is 12.3. The fourth-order valence-electron chi connectivity index (χ4n) is 4.62. The molecule has 2 aromatic heterocycles. The first-order valence-electron chi connectivity index (χ1n) is 11.1. The molecule has 1 aliphatic heterocycles. The molecule has 174 valence electrons. The number of carbonyl (C=O) groups excluding carboxylic acids is 2. The first-order chi connectivity index (χ1) is 15.9. The summed E-state index contributed by atoms with van der Waals surface area (Å²) in [6, 6.07) is 4.07. The number of hydrogen-bond acceptors (Lipinski definition) is 5. The van der Waals surface area contributed by atoms with Crippen molar-refractivity contribution in [3.8, 4) is 0 Å². The van der Waals surface area contributed by atoms with Crippen LogP contribution in [-0.4, -0.2) is 52.4 Å². The summed E-state index contributed by atoms with van der Waals surface area (Å²) >= 11 is 7.31. The van der Waals surface area contributed by atoms with Crippen molar-refractivity contribution in [1.29, 1.82) is 0 Å². The van der Waals surface area contributed by atoms with Gasteiger partial charge in [0.1, 0.15) is 11.5 Å². The second kappa shape index (κ2) is 9.04. The number of halogens is 2. The molecule has 7 nitrogen and oxygen atoms in total. The van der Waals surface area contributed by atoms with Crippen LogP contribution in [0.1, 0.15) is 56.5 Å². The van der Waals surface area contributed by atoms with Crippen molar-refractivity contribution in [2.24, 2.45) is 0 Å². The van der Waals surface area contributed by atoms with E-state index in [1.165, 1.54) is 23.5 Å². The molecule has 5 rings (SSSR count). The Labute approximate surface area is 199 Å². The predicted molar refractivity (Wildman–Crippen MR) is 126 cm³/mol. The number of aromatic amines is 1. The highest BCUT2D eigenvalue weighted by Gasteiger charge is 2.30. The van der Waals surface area contributed by atoms with Crippen LogP contribution in [-0.2, 0) is 13.0 Å². The lowest BCUT2D eigenvalue weighted by atomic mass is 9.90. The Bertz CT molecular complexity index is 1190. The van der Waals surface area contributed by atoms with Crippen molar-refractivity contribution in [3.63, 3.8) is 0 Å². The molecule has 2 aliphatic rings. The second-order valence-corrected chi connectivity index (χ2v) is 10.3. The van der Waals surface area contributed by atoms with Gasteiger partial charge >= 0.3 is 0 Å². The standard InChI is InChI=1S/C23H25ClFN5O2S/c1-30-7-6-17-20(11-30)33-23(29-17)22(32)28-16-5-3-2-4-15(16)27-21(31)19-9-12-8-13(24)14(25)10-18(12)26-19/h8-10,15-16,26H,2-7,11H2,1H3,(H,27,31)(H,28,32)/t15-,16-/m0/s1. The highest BCUT2D eigenvalue weighted by atomic mass is 35.5. The van der Waals surface area contributed by atoms with Gasteiger partial charge in [0.15, 0.2) is 5.01 Å². The number of H-pyrrole nitrogens is 1. The molecule has 3 heterocycles. The molecule has 0 unspecified atom stereocenters. The van der Waals surface area contributed by atoms with Crippen LogP contribution in [0.25, 0.3) is 10.9 Å². The molecule has 0 saturated heterocycles. The molecule has 0 spiro atoms. The van der Waals surface area contributed by atoms with E-state index in [1.54, 1.807) is 6.07 Å². The highest BCUT2D eigenvalue weighted by molar-refractivity contribution is 7.13. The van der Waals surface area contributed by atoms with Gasteiger partial charge in [0.25, 0.3) is 11.8 Å². The lowest BCUT2D eigenvalue weighted by molar-refractivity contribution is 0.0860. The van der Waals surface area contributed by atoms with Gasteiger partial charge in [-0.1, -0.05) is 24.4 Å². The second-order valence-electron chi connectivity index (χ2n) is 8.86. The number of benzene rings is 1. The molecular formula is C23H25ClFN5O2S. The van der Waals surface area contributed by atoms with Gasteiger partial charge in [-0.05, 0) is 38.1 Å². The van der Waals surface area contributed by atoms with Crippen LogP contribution in [0.4, 0.5) is 4.39 Å². The number of fused-ring (bicyclic) bond motifs is 2. The average molecular weight is 490 g/mol. The minimum atomic E-state index is -0.538. The largest absolute Gasteiger partial charge is 0.350 e. The molecule has 0 bridgehead atoms. The van der Waals surface area contributed by atoms with E-state index >= 15 is 0 Å². The molecule has 2 atom stereocenters. The Morgan fingerprint density at radius 2 is 1.91 bits per heavy atom. The summed E-state index contributed by atoms with van der Waals surface area (Å²) in [5.74, 6) is -1.01. The van der Waals surface area contributed by atoms with Crippen LogP contribution in [0.5, 0.6) is 0 Å². The van der Waals surface area contributed by atoms with Crippen molar-refractivity contribution < 1.29 is 14.0 Å². The molecule has 33 heavy (non-hydrogen) atoms. The monoisotopic (exact) mass is 489 g/mol. The van der Waals surface area contributed by atoms with Gasteiger partial charge in [-0.3, -0.25) is 9.59 Å². The van der Waals surface area contributed by atoms with E-state index in [0.29, 0.717) is 21.6 Å². The fraction of sp³-hybridized carbons (Fsp3) is 0.435. The van der Waals surface area contributed by atoms with E-state index in [-0.39, 0.29) is 28.9 Å². The normalized spacial score (nSPS) is 21.1. The van der Waals surface area contributed by atoms with Crippen LogP contribution in [0, 0.1) is 5.82 Å². The zero-order chi connectivity index (χ0) is 23.1. The predicted octanol–water partition coefficient (Wildman–Crippen LogP) is 3.88. The van der Waals surface area contributed by atoms with E-state index < -0.39 is 5.82 Å². The SMILES string of the molecule is CN1CCc2nc(C(=O)N[C@H]3CCCC[C@@H]3NC(=O)c3cc4cc(Cl)c(F)cc4[nH]3)sc2C1. The number of nitrogens with zero attached hydrogens (tertiary/aromatic N) is 2. The summed E-state index contributed by atoms with van der Waals surface area (Å²) in [4.78, 5) is 36.8. The van der Waals surface area contributed by atoms with Gasteiger partial charge in [-0.2, -0.15) is 0 Å². The third kappa shape index (κ3) is 4.62. The number of likely N-dealkylation sites (N-methyl/N-ethyl adjacent to an activating group) is 1. The van der Waals surface area contributed by atoms with E-state index in [9.17, 15) is 14.0 Å². The Hall–Kier alpha value is -2.49. The lowest BCUT2D eigenvalue weighted by Gasteiger charge is -2.32. The smallest absolute Gasteiger partial charge is 0.280 e. The van der Waals surface area contributed by atoms with E-state index in [0.717, 1.165) is 55.8 Å². The van der Waals surface area contributed by atoms with Crippen molar-refractivity contribution in [2.75, 3.05) is 13.6 Å². The fourth-order valence-corrected chi connectivity index (χ4v) is 5.89. The van der Waals surface area contributed by atoms with Gasteiger partial charge in [0.2, 0.25) is 0 Å². The maximum Gasteiger partial charge on any atom is 0.280 e. The van der Waals surface area contributed by atoms with Crippen LogP contribution in [0.15, 0.2) is 18.2 Å². The number of thiazole rings is 1. The summed E-state index contributed by atoms with van der Waals surface area (Å²) in [6.45, 7) is 1.77. The number of carbonyl (C=O) groups is 2. The zero-order valence-electron chi connectivity index (χ0n) is 18.2. The molecule has 2 amide bonds. The highest BCUT2D eigenvalue weighted by Crippen LogP contribution is 2.26. The quantitative estimate of drug-likeness (QED) is 0.519. The summed E-state index contributed by atoms with van der Waals surface area (Å²) in [5.41, 5.74) is 1.86. The number of nitrogens with one attached hydrogen (secondary N) is 3. The topological polar surface area (TPSA) is 90.1 Å². The number of aromatic nitrogens is 2. The van der Waals surface area contributed by atoms with Crippen LogP contribution in [0.3, 0.4) is 0 Å². The third-order valence-electron chi connectivity index (χ3n) is 6.42. The van der Waals surface area contributed by atoms with Crippen molar-refractivity contribution >= 4 is 45.7 Å². The van der Waals surface area contributed by atoms with Gasteiger partial charge in [0.05, 0.1) is 10.7 Å². The number of rotatable bonds is 4. The maximum atomic E-state index is 13.7. The van der Waals surface area contributed by atoms with Crippen molar-refractivity contribution in [2.45, 2.75) is 50.7 Å². The summed E-state index contributed by atoms with van der Waals surface area (Å²) in [6.07, 6.45) is 4.38. The summed E-state index contributed by atoms with van der Waals surface area (Å²) in [7, 11) is 2.07. The minimum Gasteiger partial charge on any atom is -0.350 e. The van der Waals surface area contributed by atoms with E-state index in [1.807, 2.05) is 0 Å². The summed E-state index contributed by atoms with van der Waals surface area (Å²) < 4.78 is 13.7. The Balaban J connectivity index is 1.28. The molecule has 3 aromatic rings. The molecule has 0 radical (unpaired) electrons. The van der Waals surface area contributed by atoms with Crippen molar-refractivity contribution in [1.82, 2.24) is 25.5 Å². The molecule has 1 fully saturated rings. The Morgan fingerprint density at radius 3 is 2.67 bits per heavy atom. The molecule has 1 aromatic carbocycles. The van der Waals surface area contributed by atoms with Gasteiger partial charge in [0, 0.05) is 47.4 Å². The zero-order valence-corrected chi connectivity index (χ0v) is 19.8. The Kier molecular flexibility index (Phi) is 6.11. The summed E-state index contributed by atoms with van der Waals surface area (Å²) in [5, 5.41) is 7.32. The third-order valence-corrected chi connectivity index (χ3v) is 7.79.